The number of H-pyrrole nitrogens is 1. The average Bonchev–Trinajstić information content (AvgIpc) is 3.19. The number of methoxy groups -OCH3 is 3. The zero-order valence-corrected chi connectivity index (χ0v) is 16.6. The summed E-state index contributed by atoms with van der Waals surface area (Å²) in [7, 11) is 3.90. The van der Waals surface area contributed by atoms with E-state index in [-0.39, 0.29) is 5.69 Å². The van der Waals surface area contributed by atoms with Gasteiger partial charge in [-0.1, -0.05) is 12.1 Å². The van der Waals surface area contributed by atoms with Gasteiger partial charge in [0.15, 0.2) is 5.92 Å². The summed E-state index contributed by atoms with van der Waals surface area (Å²) in [5, 5.41) is 11.8. The average molecular weight is 412 g/mol. The SMILES string of the molecule is COC(=O)C(C(=O)OC)C(c1ccc([N+](=O)[O-])cc1)c1c[nH]c2ccc(OC)cc12. The summed E-state index contributed by atoms with van der Waals surface area (Å²) < 4.78 is 15.0. The molecular weight excluding hydrogens is 392 g/mol. The molecule has 0 saturated carbocycles. The van der Waals surface area contributed by atoms with E-state index < -0.39 is 28.7 Å². The van der Waals surface area contributed by atoms with Crippen LogP contribution in [0.1, 0.15) is 17.0 Å². The quantitative estimate of drug-likeness (QED) is 0.274. The summed E-state index contributed by atoms with van der Waals surface area (Å²) in [5.74, 6) is -3.08. The number of nitrogens with zero attached hydrogens (tertiary/aromatic N) is 1. The minimum absolute atomic E-state index is 0.106. The molecule has 1 N–H and O–H groups in total. The Morgan fingerprint density at radius 1 is 1.00 bits per heavy atom. The molecule has 1 atom stereocenters. The van der Waals surface area contributed by atoms with Crippen molar-refractivity contribution in [3.8, 4) is 5.75 Å². The van der Waals surface area contributed by atoms with Gasteiger partial charge in [0.05, 0.1) is 26.3 Å². The number of aromatic amines is 1. The first kappa shape index (κ1) is 20.8. The Labute approximate surface area is 171 Å². The van der Waals surface area contributed by atoms with Gasteiger partial charge >= 0.3 is 11.9 Å². The first-order valence-corrected chi connectivity index (χ1v) is 8.96. The van der Waals surface area contributed by atoms with Crippen molar-refractivity contribution >= 4 is 28.5 Å². The summed E-state index contributed by atoms with van der Waals surface area (Å²) in [6.07, 6.45) is 1.69. The monoisotopic (exact) mass is 412 g/mol. The second-order valence-corrected chi connectivity index (χ2v) is 6.51. The molecule has 1 unspecified atom stereocenters. The van der Waals surface area contributed by atoms with Crippen LogP contribution >= 0.6 is 0 Å². The number of benzene rings is 2. The Bertz CT molecular complexity index is 1070. The van der Waals surface area contributed by atoms with Gasteiger partial charge in [-0.15, -0.1) is 0 Å². The normalized spacial score (nSPS) is 11.9. The third kappa shape index (κ3) is 3.82. The van der Waals surface area contributed by atoms with E-state index in [1.807, 2.05) is 6.07 Å². The highest BCUT2D eigenvalue weighted by molar-refractivity contribution is 5.98. The number of hydrogen-bond acceptors (Lipinski definition) is 7. The Morgan fingerprint density at radius 3 is 2.17 bits per heavy atom. The molecule has 0 aliphatic rings. The van der Waals surface area contributed by atoms with Gasteiger partial charge in [0.2, 0.25) is 0 Å². The number of hydrogen-bond donors (Lipinski definition) is 1. The lowest BCUT2D eigenvalue weighted by Crippen LogP contribution is -2.32. The molecule has 0 saturated heterocycles. The maximum atomic E-state index is 12.6. The third-order valence-electron chi connectivity index (χ3n) is 4.96. The summed E-state index contributed by atoms with van der Waals surface area (Å²) in [6.45, 7) is 0. The fourth-order valence-electron chi connectivity index (χ4n) is 3.48. The molecule has 0 bridgehead atoms. The van der Waals surface area contributed by atoms with Crippen molar-refractivity contribution < 1.29 is 28.7 Å². The van der Waals surface area contributed by atoms with E-state index in [4.69, 9.17) is 14.2 Å². The molecule has 3 aromatic rings. The largest absolute Gasteiger partial charge is 0.497 e. The van der Waals surface area contributed by atoms with E-state index in [0.717, 1.165) is 10.9 Å². The van der Waals surface area contributed by atoms with Gasteiger partial charge in [-0.05, 0) is 29.3 Å². The third-order valence-corrected chi connectivity index (χ3v) is 4.96. The van der Waals surface area contributed by atoms with Crippen LogP contribution in [0.4, 0.5) is 5.69 Å². The van der Waals surface area contributed by atoms with Crippen molar-refractivity contribution in [2.45, 2.75) is 5.92 Å². The van der Waals surface area contributed by atoms with E-state index in [0.29, 0.717) is 16.9 Å². The van der Waals surface area contributed by atoms with E-state index in [1.165, 1.54) is 45.6 Å². The fourth-order valence-corrected chi connectivity index (χ4v) is 3.48. The van der Waals surface area contributed by atoms with Crippen LogP contribution in [0.25, 0.3) is 10.9 Å². The van der Waals surface area contributed by atoms with Crippen molar-refractivity contribution in [1.29, 1.82) is 0 Å². The maximum Gasteiger partial charge on any atom is 0.321 e. The van der Waals surface area contributed by atoms with Crippen molar-refractivity contribution in [1.82, 2.24) is 4.98 Å². The molecule has 9 nitrogen and oxygen atoms in total. The number of carbonyl (C=O) groups excluding carboxylic acids is 2. The van der Waals surface area contributed by atoms with Gasteiger partial charge < -0.3 is 19.2 Å². The van der Waals surface area contributed by atoms with Crippen LogP contribution in [0.2, 0.25) is 0 Å². The summed E-state index contributed by atoms with van der Waals surface area (Å²) in [5.41, 5.74) is 1.81. The van der Waals surface area contributed by atoms with Gasteiger partial charge in [0.25, 0.3) is 5.69 Å². The molecule has 3 rings (SSSR count). The van der Waals surface area contributed by atoms with Crippen LogP contribution in [-0.4, -0.2) is 43.2 Å². The summed E-state index contributed by atoms with van der Waals surface area (Å²) in [6, 6.07) is 11.1. The zero-order chi connectivity index (χ0) is 21.8. The number of nitrogens with one attached hydrogen (secondary N) is 1. The van der Waals surface area contributed by atoms with Crippen molar-refractivity contribution in [3.63, 3.8) is 0 Å². The van der Waals surface area contributed by atoms with E-state index in [9.17, 15) is 19.7 Å². The molecule has 30 heavy (non-hydrogen) atoms. The van der Waals surface area contributed by atoms with E-state index in [2.05, 4.69) is 4.98 Å². The van der Waals surface area contributed by atoms with Gasteiger partial charge in [0, 0.05) is 35.2 Å². The second-order valence-electron chi connectivity index (χ2n) is 6.51. The van der Waals surface area contributed by atoms with Gasteiger partial charge in [-0.25, -0.2) is 0 Å². The highest BCUT2D eigenvalue weighted by Gasteiger charge is 2.40. The molecule has 1 heterocycles. The first-order chi connectivity index (χ1) is 14.4. The van der Waals surface area contributed by atoms with Gasteiger partial charge in [0.1, 0.15) is 5.75 Å². The van der Waals surface area contributed by atoms with E-state index >= 15 is 0 Å². The Morgan fingerprint density at radius 2 is 1.63 bits per heavy atom. The molecular formula is C21H20N2O7. The van der Waals surface area contributed by atoms with Crippen molar-refractivity contribution in [2.24, 2.45) is 5.92 Å². The molecule has 0 spiro atoms. The number of carbonyl (C=O) groups is 2. The molecule has 0 fully saturated rings. The van der Waals surface area contributed by atoms with Crippen LogP contribution in [0.3, 0.4) is 0 Å². The predicted molar refractivity (Wildman–Crippen MR) is 107 cm³/mol. The van der Waals surface area contributed by atoms with Crippen molar-refractivity contribution in [2.75, 3.05) is 21.3 Å². The Hall–Kier alpha value is -3.88. The maximum absolute atomic E-state index is 12.6. The van der Waals surface area contributed by atoms with E-state index in [1.54, 1.807) is 18.3 Å². The predicted octanol–water partition coefficient (Wildman–Crippen LogP) is 3.18. The molecule has 156 valence electrons. The van der Waals surface area contributed by atoms with Gasteiger partial charge in [-0.3, -0.25) is 19.7 Å². The topological polar surface area (TPSA) is 121 Å². The van der Waals surface area contributed by atoms with Crippen LogP contribution < -0.4 is 4.74 Å². The van der Waals surface area contributed by atoms with Crippen LogP contribution in [-0.2, 0) is 19.1 Å². The fraction of sp³-hybridized carbons (Fsp3) is 0.238. The summed E-state index contributed by atoms with van der Waals surface area (Å²) in [4.78, 5) is 38.8. The standard InChI is InChI=1S/C21H20N2O7/c1-28-14-8-9-17-15(10-14)16(11-22-17)18(19(20(24)29-2)21(25)30-3)12-4-6-13(7-5-12)23(26)27/h4-11,18-19,22H,1-3H3. The van der Waals surface area contributed by atoms with Crippen molar-refractivity contribution in [3.05, 3.63) is 69.9 Å². The molecule has 1 aromatic heterocycles. The van der Waals surface area contributed by atoms with Crippen LogP contribution in [0.5, 0.6) is 5.75 Å². The first-order valence-electron chi connectivity index (χ1n) is 8.96. The highest BCUT2D eigenvalue weighted by Crippen LogP contribution is 2.39. The number of nitro benzene ring substituents is 1. The second kappa shape index (κ2) is 8.64. The lowest BCUT2D eigenvalue weighted by Gasteiger charge is -2.24. The lowest BCUT2D eigenvalue weighted by molar-refractivity contribution is -0.384. The minimum Gasteiger partial charge on any atom is -0.497 e. The highest BCUT2D eigenvalue weighted by atomic mass is 16.6. The molecule has 0 radical (unpaired) electrons. The number of nitro groups is 1. The molecule has 0 aliphatic heterocycles. The summed E-state index contributed by atoms with van der Waals surface area (Å²) >= 11 is 0. The number of fused-ring (bicyclic) bond motifs is 1. The smallest absolute Gasteiger partial charge is 0.321 e. The van der Waals surface area contributed by atoms with Crippen LogP contribution in [0.15, 0.2) is 48.7 Å². The Kier molecular flexibility index (Phi) is 6.01. The Balaban J connectivity index is 2.25. The lowest BCUT2D eigenvalue weighted by atomic mass is 9.80. The van der Waals surface area contributed by atoms with Crippen LogP contribution in [0, 0.1) is 16.0 Å². The number of non-ortho nitro benzene ring substituents is 1. The minimum atomic E-state index is -1.31. The molecule has 0 aliphatic carbocycles. The molecule has 9 heteroatoms. The molecule has 0 amide bonds. The number of esters is 2. The number of aromatic nitrogens is 1. The number of rotatable bonds is 7. The number of ether oxygens (including phenoxy) is 3. The zero-order valence-electron chi connectivity index (χ0n) is 16.6. The molecule has 2 aromatic carbocycles. The van der Waals surface area contributed by atoms with Gasteiger partial charge in [-0.2, -0.15) is 0 Å².